The number of hydrogen-bond donors (Lipinski definition) is 1. The number of methoxy groups -OCH3 is 1. The van der Waals surface area contributed by atoms with Crippen LogP contribution in [0.5, 0.6) is 0 Å². The second-order valence-electron chi connectivity index (χ2n) is 4.61. The lowest BCUT2D eigenvalue weighted by atomic mass is 10.1. The Morgan fingerprint density at radius 3 is 2.94 bits per heavy atom. The van der Waals surface area contributed by atoms with E-state index in [1.165, 1.54) is 13.5 Å². The van der Waals surface area contributed by atoms with Crippen LogP contribution in [0.25, 0.3) is 0 Å². The number of unbranched alkanes of at least 4 members (excludes halogenated alkanes) is 2. The number of hydrogen-bond acceptors (Lipinski definition) is 4. The summed E-state index contributed by atoms with van der Waals surface area (Å²) in [6, 6.07) is -0.171. The van der Waals surface area contributed by atoms with Crippen LogP contribution < -0.4 is 5.32 Å². The fourth-order valence-electron chi connectivity index (χ4n) is 2.12. The van der Waals surface area contributed by atoms with Crippen LogP contribution >= 0.6 is 0 Å². The zero-order valence-electron chi connectivity index (χ0n) is 11.0. The average molecular weight is 243 g/mol. The van der Waals surface area contributed by atoms with Crippen LogP contribution in [0.1, 0.15) is 45.4 Å². The minimum Gasteiger partial charge on any atom is -0.468 e. The number of carbonyl (C=O) groups excluding carboxylic acids is 1. The van der Waals surface area contributed by atoms with Gasteiger partial charge in [0.15, 0.2) is 0 Å². The highest BCUT2D eigenvalue weighted by Crippen LogP contribution is 2.12. The first-order valence-electron chi connectivity index (χ1n) is 6.70. The molecular weight excluding hydrogens is 218 g/mol. The summed E-state index contributed by atoms with van der Waals surface area (Å²) in [5.74, 6) is -0.154. The zero-order chi connectivity index (χ0) is 12.5. The molecule has 0 aromatic carbocycles. The number of carbonyl (C=O) groups is 1. The van der Waals surface area contributed by atoms with Gasteiger partial charge in [0.2, 0.25) is 0 Å². The fraction of sp³-hybridized carbons (Fsp3) is 0.923. The Bertz CT molecular complexity index is 215. The molecule has 4 heteroatoms. The smallest absolute Gasteiger partial charge is 0.322 e. The topological polar surface area (TPSA) is 47.6 Å². The molecule has 1 saturated heterocycles. The minimum atomic E-state index is -0.171. The van der Waals surface area contributed by atoms with Gasteiger partial charge in [0.25, 0.3) is 0 Å². The van der Waals surface area contributed by atoms with E-state index in [0.717, 1.165) is 45.3 Å². The molecule has 1 N–H and O–H groups in total. The highest BCUT2D eigenvalue weighted by Gasteiger charge is 2.21. The third kappa shape index (κ3) is 5.50. The van der Waals surface area contributed by atoms with Gasteiger partial charge in [0, 0.05) is 13.2 Å². The maximum absolute atomic E-state index is 11.6. The highest BCUT2D eigenvalue weighted by molar-refractivity contribution is 5.75. The summed E-state index contributed by atoms with van der Waals surface area (Å²) < 4.78 is 10.3. The fourth-order valence-corrected chi connectivity index (χ4v) is 2.12. The van der Waals surface area contributed by atoms with Gasteiger partial charge in [-0.05, 0) is 19.3 Å². The monoisotopic (exact) mass is 243 g/mol. The Hall–Kier alpha value is -0.610. The third-order valence-electron chi connectivity index (χ3n) is 3.20. The van der Waals surface area contributed by atoms with E-state index < -0.39 is 0 Å². The van der Waals surface area contributed by atoms with Crippen molar-refractivity contribution in [3.05, 3.63) is 0 Å². The molecule has 0 bridgehead atoms. The molecule has 1 rings (SSSR count). The van der Waals surface area contributed by atoms with Crippen molar-refractivity contribution in [3.8, 4) is 0 Å². The lowest BCUT2D eigenvalue weighted by Gasteiger charge is -2.18. The molecule has 0 aromatic rings. The Labute approximate surface area is 104 Å². The van der Waals surface area contributed by atoms with Gasteiger partial charge in [-0.3, -0.25) is 4.79 Å². The molecule has 2 unspecified atom stereocenters. The highest BCUT2D eigenvalue weighted by atomic mass is 16.5. The van der Waals surface area contributed by atoms with Gasteiger partial charge >= 0.3 is 5.97 Å². The molecule has 0 saturated carbocycles. The van der Waals surface area contributed by atoms with Gasteiger partial charge in [0.1, 0.15) is 6.04 Å². The second kappa shape index (κ2) is 8.48. The average Bonchev–Trinajstić information content (AvgIpc) is 2.85. The van der Waals surface area contributed by atoms with Gasteiger partial charge in [-0.1, -0.05) is 26.2 Å². The lowest BCUT2D eigenvalue weighted by molar-refractivity contribution is -0.143. The predicted octanol–water partition coefficient (Wildman–Crippen LogP) is 1.88. The van der Waals surface area contributed by atoms with Crippen LogP contribution in [-0.4, -0.2) is 38.4 Å². The predicted molar refractivity (Wildman–Crippen MR) is 66.9 cm³/mol. The molecule has 1 heterocycles. The first-order chi connectivity index (χ1) is 8.27. The van der Waals surface area contributed by atoms with E-state index in [9.17, 15) is 4.79 Å². The maximum Gasteiger partial charge on any atom is 0.322 e. The SMILES string of the molecule is CCCCCC(NCC1CCCO1)C(=O)OC. The van der Waals surface area contributed by atoms with E-state index in [0.29, 0.717) is 0 Å². The van der Waals surface area contributed by atoms with E-state index in [1.54, 1.807) is 0 Å². The van der Waals surface area contributed by atoms with Gasteiger partial charge in [-0.2, -0.15) is 0 Å². The van der Waals surface area contributed by atoms with Crippen LogP contribution in [0.3, 0.4) is 0 Å². The molecular formula is C13H25NO3. The molecule has 1 aliphatic heterocycles. The lowest BCUT2D eigenvalue weighted by Crippen LogP contribution is -2.41. The Kier molecular flexibility index (Phi) is 7.21. The summed E-state index contributed by atoms with van der Waals surface area (Å²) in [4.78, 5) is 11.6. The summed E-state index contributed by atoms with van der Waals surface area (Å²) in [6.07, 6.45) is 6.74. The van der Waals surface area contributed by atoms with Crippen molar-refractivity contribution in [1.29, 1.82) is 0 Å². The summed E-state index contributed by atoms with van der Waals surface area (Å²) in [6.45, 7) is 3.77. The van der Waals surface area contributed by atoms with Crippen LogP contribution in [0, 0.1) is 0 Å². The van der Waals surface area contributed by atoms with Gasteiger partial charge in [0.05, 0.1) is 13.2 Å². The molecule has 0 aliphatic carbocycles. The standard InChI is InChI=1S/C13H25NO3/c1-3-4-5-8-12(13(15)16-2)14-10-11-7-6-9-17-11/h11-12,14H,3-10H2,1-2H3. The van der Waals surface area contributed by atoms with E-state index >= 15 is 0 Å². The van der Waals surface area contributed by atoms with E-state index in [2.05, 4.69) is 12.2 Å². The molecule has 0 spiro atoms. The molecule has 2 atom stereocenters. The van der Waals surface area contributed by atoms with Gasteiger partial charge in [-0.25, -0.2) is 0 Å². The number of ether oxygens (including phenoxy) is 2. The Morgan fingerprint density at radius 1 is 1.53 bits per heavy atom. The molecule has 100 valence electrons. The van der Waals surface area contributed by atoms with E-state index in [1.807, 2.05) is 0 Å². The number of rotatable bonds is 8. The van der Waals surface area contributed by atoms with Gasteiger partial charge < -0.3 is 14.8 Å². The molecule has 4 nitrogen and oxygen atoms in total. The minimum absolute atomic E-state index is 0.154. The van der Waals surface area contributed by atoms with Crippen LogP contribution in [0.15, 0.2) is 0 Å². The van der Waals surface area contributed by atoms with Crippen molar-refractivity contribution >= 4 is 5.97 Å². The number of esters is 1. The molecule has 0 aromatic heterocycles. The first-order valence-corrected chi connectivity index (χ1v) is 6.70. The van der Waals surface area contributed by atoms with Crippen LogP contribution in [0.2, 0.25) is 0 Å². The molecule has 0 amide bonds. The summed E-state index contributed by atoms with van der Waals surface area (Å²) in [5, 5.41) is 3.27. The zero-order valence-corrected chi connectivity index (χ0v) is 11.0. The maximum atomic E-state index is 11.6. The van der Waals surface area contributed by atoms with Crippen molar-refractivity contribution in [1.82, 2.24) is 5.32 Å². The Morgan fingerprint density at radius 2 is 2.35 bits per heavy atom. The van der Waals surface area contributed by atoms with Crippen molar-refractivity contribution in [2.75, 3.05) is 20.3 Å². The first kappa shape index (κ1) is 14.5. The second-order valence-corrected chi connectivity index (χ2v) is 4.61. The molecule has 0 radical (unpaired) electrons. The van der Waals surface area contributed by atoms with Gasteiger partial charge in [-0.15, -0.1) is 0 Å². The van der Waals surface area contributed by atoms with Crippen molar-refractivity contribution in [2.24, 2.45) is 0 Å². The van der Waals surface area contributed by atoms with Crippen molar-refractivity contribution in [2.45, 2.75) is 57.6 Å². The Balaban J connectivity index is 2.26. The van der Waals surface area contributed by atoms with Crippen LogP contribution in [-0.2, 0) is 14.3 Å². The van der Waals surface area contributed by atoms with Crippen LogP contribution in [0.4, 0.5) is 0 Å². The van der Waals surface area contributed by atoms with Crippen molar-refractivity contribution in [3.63, 3.8) is 0 Å². The molecule has 17 heavy (non-hydrogen) atoms. The number of nitrogens with one attached hydrogen (secondary N) is 1. The largest absolute Gasteiger partial charge is 0.468 e. The normalized spacial score (nSPS) is 21.4. The molecule has 1 fully saturated rings. The summed E-state index contributed by atoms with van der Waals surface area (Å²) in [5.41, 5.74) is 0. The summed E-state index contributed by atoms with van der Waals surface area (Å²) in [7, 11) is 1.45. The summed E-state index contributed by atoms with van der Waals surface area (Å²) >= 11 is 0. The molecule has 1 aliphatic rings. The van der Waals surface area contributed by atoms with E-state index in [-0.39, 0.29) is 18.1 Å². The van der Waals surface area contributed by atoms with Crippen molar-refractivity contribution < 1.29 is 14.3 Å². The third-order valence-corrected chi connectivity index (χ3v) is 3.20. The van der Waals surface area contributed by atoms with E-state index in [4.69, 9.17) is 9.47 Å². The quantitative estimate of drug-likeness (QED) is 0.522.